The fourth-order valence-corrected chi connectivity index (χ4v) is 3.95. The minimum atomic E-state index is -0.295. The number of Topliss-reactive ketones (excluding diaryl/α,β-unsaturated/α-hetero) is 1. The van der Waals surface area contributed by atoms with Crippen molar-refractivity contribution in [2.24, 2.45) is 7.05 Å². The van der Waals surface area contributed by atoms with Crippen molar-refractivity contribution in [2.45, 2.75) is 13.8 Å². The van der Waals surface area contributed by atoms with E-state index in [2.05, 4.69) is 32.0 Å². The number of piperazine rings is 1. The lowest BCUT2D eigenvalue weighted by Gasteiger charge is -2.34. The Hall–Kier alpha value is -3.17. The lowest BCUT2D eigenvalue weighted by molar-refractivity contribution is -0.118. The van der Waals surface area contributed by atoms with Gasteiger partial charge in [-0.25, -0.2) is 4.98 Å². The lowest BCUT2D eigenvalue weighted by Crippen LogP contribution is -2.46. The maximum Gasteiger partial charge on any atom is 0.293 e. The average molecular weight is 471 g/mol. The number of nitrogens with one attached hydrogen (secondary N) is 1. The number of rotatable bonds is 7. The van der Waals surface area contributed by atoms with Gasteiger partial charge in [0.05, 0.1) is 11.7 Å². The van der Waals surface area contributed by atoms with Crippen molar-refractivity contribution in [3.05, 3.63) is 45.8 Å². The Morgan fingerprint density at radius 2 is 1.97 bits per heavy atom. The molecule has 174 valence electrons. The first-order chi connectivity index (χ1) is 15.9. The number of benzene rings is 1. The van der Waals surface area contributed by atoms with Gasteiger partial charge in [-0.15, -0.1) is 0 Å². The van der Waals surface area contributed by atoms with E-state index in [0.717, 1.165) is 49.3 Å². The Labute approximate surface area is 196 Å². The van der Waals surface area contributed by atoms with Crippen LogP contribution >= 0.6 is 11.6 Å². The molecule has 1 aliphatic rings. The van der Waals surface area contributed by atoms with E-state index in [1.165, 1.54) is 11.5 Å². The van der Waals surface area contributed by atoms with E-state index in [1.807, 2.05) is 18.2 Å². The summed E-state index contributed by atoms with van der Waals surface area (Å²) in [7, 11) is 1.67. The number of carbonyl (C=O) groups is 1. The Kier molecular flexibility index (Phi) is 6.80. The number of anilines is 3. The third-order valence-electron chi connectivity index (χ3n) is 5.72. The number of aromatic nitrogens is 3. The van der Waals surface area contributed by atoms with E-state index in [0.29, 0.717) is 16.8 Å². The molecule has 0 saturated carbocycles. The molecule has 3 heterocycles. The zero-order valence-electron chi connectivity index (χ0n) is 19.0. The zero-order chi connectivity index (χ0) is 23.5. The Balaban J connectivity index is 1.60. The van der Waals surface area contributed by atoms with Gasteiger partial charge in [0.15, 0.2) is 17.4 Å². The second kappa shape index (κ2) is 9.76. The minimum Gasteiger partial charge on any atom is -0.480 e. The highest BCUT2D eigenvalue weighted by Gasteiger charge is 2.19. The van der Waals surface area contributed by atoms with Gasteiger partial charge in [-0.2, -0.15) is 4.98 Å². The number of carbonyl (C=O) groups excluding carboxylic acids is 1. The lowest BCUT2D eigenvalue weighted by atomic mass is 10.2. The first kappa shape index (κ1) is 23.0. The summed E-state index contributed by atoms with van der Waals surface area (Å²) in [6.45, 7) is 8.14. The summed E-state index contributed by atoms with van der Waals surface area (Å²) in [4.78, 5) is 37.4. The van der Waals surface area contributed by atoms with Crippen LogP contribution < -0.4 is 20.5 Å². The maximum absolute atomic E-state index is 12.5. The van der Waals surface area contributed by atoms with E-state index < -0.39 is 0 Å². The van der Waals surface area contributed by atoms with Crippen molar-refractivity contribution in [3.8, 4) is 5.75 Å². The number of hydrogen-bond donors (Lipinski definition) is 1. The van der Waals surface area contributed by atoms with Crippen LogP contribution in [0.1, 0.15) is 13.8 Å². The normalized spacial score (nSPS) is 14.5. The van der Waals surface area contributed by atoms with Crippen molar-refractivity contribution in [1.82, 2.24) is 19.4 Å². The van der Waals surface area contributed by atoms with Crippen LogP contribution in [0.2, 0.25) is 5.02 Å². The molecule has 0 atom stereocenters. The minimum absolute atomic E-state index is 0.130. The molecule has 4 rings (SSSR count). The summed E-state index contributed by atoms with van der Waals surface area (Å²) >= 11 is 6.38. The van der Waals surface area contributed by atoms with Crippen molar-refractivity contribution in [3.63, 3.8) is 0 Å². The molecular weight excluding hydrogens is 444 g/mol. The molecule has 1 aromatic carbocycles. The molecule has 33 heavy (non-hydrogen) atoms. The molecule has 0 radical (unpaired) electrons. The van der Waals surface area contributed by atoms with Crippen LogP contribution in [0.5, 0.6) is 5.75 Å². The van der Waals surface area contributed by atoms with Gasteiger partial charge in [0.2, 0.25) is 5.95 Å². The van der Waals surface area contributed by atoms with E-state index in [-0.39, 0.29) is 23.7 Å². The largest absolute Gasteiger partial charge is 0.480 e. The predicted molar refractivity (Wildman–Crippen MR) is 130 cm³/mol. The van der Waals surface area contributed by atoms with Crippen molar-refractivity contribution < 1.29 is 9.53 Å². The molecule has 0 unspecified atom stereocenters. The Morgan fingerprint density at radius 3 is 2.67 bits per heavy atom. The number of nitrogens with zero attached hydrogens (tertiary/aromatic N) is 5. The van der Waals surface area contributed by atoms with Crippen molar-refractivity contribution in [1.29, 1.82) is 0 Å². The van der Waals surface area contributed by atoms with E-state index in [4.69, 9.17) is 16.3 Å². The molecule has 9 nitrogen and oxygen atoms in total. The van der Waals surface area contributed by atoms with Gasteiger partial charge in [0.1, 0.15) is 11.6 Å². The van der Waals surface area contributed by atoms with Gasteiger partial charge in [-0.05, 0) is 37.7 Å². The molecule has 10 heteroatoms. The molecule has 3 aromatic rings. The summed E-state index contributed by atoms with van der Waals surface area (Å²) in [6.07, 6.45) is 1.61. The highest BCUT2D eigenvalue weighted by Crippen LogP contribution is 2.28. The Morgan fingerprint density at radius 1 is 1.21 bits per heavy atom. The summed E-state index contributed by atoms with van der Waals surface area (Å²) in [5.41, 5.74) is 1.20. The van der Waals surface area contributed by atoms with Crippen molar-refractivity contribution >= 4 is 45.7 Å². The molecule has 0 bridgehead atoms. The Bertz CT molecular complexity index is 1240. The van der Waals surface area contributed by atoms with Gasteiger partial charge >= 0.3 is 0 Å². The highest BCUT2D eigenvalue weighted by molar-refractivity contribution is 6.32. The number of ketones is 1. The summed E-state index contributed by atoms with van der Waals surface area (Å²) < 4.78 is 6.91. The van der Waals surface area contributed by atoms with Gasteiger partial charge in [-0.1, -0.05) is 18.5 Å². The maximum atomic E-state index is 12.5. The second-order valence-corrected chi connectivity index (χ2v) is 8.46. The molecule has 0 aliphatic carbocycles. The molecule has 1 saturated heterocycles. The highest BCUT2D eigenvalue weighted by atomic mass is 35.5. The average Bonchev–Trinajstić information content (AvgIpc) is 2.82. The number of halogens is 1. The molecule has 1 aliphatic heterocycles. The van der Waals surface area contributed by atoms with E-state index >= 15 is 0 Å². The SMILES string of the molecule is CCN1CCN(c2ncc(Cl)c(Nc3ccc4c(c3)cc(OCC(C)=O)c(=O)n4C)n2)CC1. The standard InChI is InChI=1S/C23H27ClN6O3/c1-4-29-7-9-30(10-8-29)23-25-13-18(24)21(27-23)26-17-5-6-19-16(11-17)12-20(22(32)28(19)3)33-14-15(2)31/h5-6,11-13H,4,7-10,14H2,1-3H3,(H,25,26,27). The van der Waals surface area contributed by atoms with Crippen LogP contribution in [-0.4, -0.2) is 64.5 Å². The second-order valence-electron chi connectivity index (χ2n) is 8.05. The van der Waals surface area contributed by atoms with Gasteiger partial charge in [0, 0.05) is 44.3 Å². The molecule has 0 amide bonds. The first-order valence-corrected chi connectivity index (χ1v) is 11.3. The fraction of sp³-hybridized carbons (Fsp3) is 0.391. The monoisotopic (exact) mass is 470 g/mol. The molecule has 2 aromatic heterocycles. The molecule has 1 N–H and O–H groups in total. The van der Waals surface area contributed by atoms with Crippen LogP contribution in [0.15, 0.2) is 35.3 Å². The van der Waals surface area contributed by atoms with Crippen LogP contribution in [0.3, 0.4) is 0 Å². The predicted octanol–water partition coefficient (Wildman–Crippen LogP) is 2.84. The summed E-state index contributed by atoms with van der Waals surface area (Å²) in [6, 6.07) is 7.23. The topological polar surface area (TPSA) is 92.6 Å². The van der Waals surface area contributed by atoms with E-state index in [1.54, 1.807) is 19.3 Å². The number of aryl methyl sites for hydroxylation is 1. The molecule has 0 spiro atoms. The van der Waals surface area contributed by atoms with Crippen LogP contribution in [0, 0.1) is 0 Å². The third kappa shape index (κ3) is 5.09. The number of likely N-dealkylation sites (N-methyl/N-ethyl adjacent to an activating group) is 1. The zero-order valence-corrected chi connectivity index (χ0v) is 19.7. The fourth-order valence-electron chi connectivity index (χ4n) is 3.81. The van der Waals surface area contributed by atoms with Gasteiger partial charge in [0.25, 0.3) is 5.56 Å². The summed E-state index contributed by atoms with van der Waals surface area (Å²) in [5.74, 6) is 1.13. The van der Waals surface area contributed by atoms with Crippen LogP contribution in [-0.2, 0) is 11.8 Å². The first-order valence-electron chi connectivity index (χ1n) is 10.9. The quantitative estimate of drug-likeness (QED) is 0.563. The van der Waals surface area contributed by atoms with Crippen LogP contribution in [0.4, 0.5) is 17.5 Å². The number of hydrogen-bond acceptors (Lipinski definition) is 8. The van der Waals surface area contributed by atoms with E-state index in [9.17, 15) is 9.59 Å². The molecular formula is C23H27ClN6O3. The molecule has 1 fully saturated rings. The number of fused-ring (bicyclic) bond motifs is 1. The van der Waals surface area contributed by atoms with Gasteiger partial charge < -0.3 is 24.4 Å². The number of pyridine rings is 1. The van der Waals surface area contributed by atoms with Crippen LogP contribution in [0.25, 0.3) is 10.9 Å². The third-order valence-corrected chi connectivity index (χ3v) is 5.99. The smallest absolute Gasteiger partial charge is 0.293 e. The van der Waals surface area contributed by atoms with Crippen molar-refractivity contribution in [2.75, 3.05) is 49.5 Å². The number of ether oxygens (including phenoxy) is 1. The van der Waals surface area contributed by atoms with Gasteiger partial charge in [-0.3, -0.25) is 9.59 Å². The summed E-state index contributed by atoms with van der Waals surface area (Å²) in [5, 5.41) is 4.46.